The van der Waals surface area contributed by atoms with Gasteiger partial charge in [0.25, 0.3) is 0 Å². The highest BCUT2D eigenvalue weighted by Gasteiger charge is 2.37. The maximum atomic E-state index is 6.29. The summed E-state index contributed by atoms with van der Waals surface area (Å²) in [7, 11) is 0. The predicted molar refractivity (Wildman–Crippen MR) is 153 cm³/mol. The van der Waals surface area contributed by atoms with Gasteiger partial charge in [0, 0.05) is 28.4 Å². The number of ether oxygens (including phenoxy) is 1. The van der Waals surface area contributed by atoms with Gasteiger partial charge >= 0.3 is 0 Å². The SMILES string of the molecule is Cc1ccc(COc2ccc(Cl)cc2C=Nc2ccc([C@@H]3Nc4ccccc4[C@H]4C=CC[C@H]43)cc2)cc1. The molecule has 2 aliphatic rings. The number of hydrogen-bond acceptors (Lipinski definition) is 3. The van der Waals surface area contributed by atoms with Gasteiger partial charge in [0.05, 0.1) is 11.7 Å². The minimum atomic E-state index is 0.280. The summed E-state index contributed by atoms with van der Waals surface area (Å²) in [5.74, 6) is 1.76. The zero-order chi connectivity index (χ0) is 25.2. The zero-order valence-electron chi connectivity index (χ0n) is 20.8. The number of allylic oxidation sites excluding steroid dienone is 2. The molecule has 4 aromatic rings. The van der Waals surface area contributed by atoms with Crippen LogP contribution in [0.25, 0.3) is 0 Å². The van der Waals surface area contributed by atoms with Gasteiger partial charge in [0.2, 0.25) is 0 Å². The molecule has 4 aromatic carbocycles. The van der Waals surface area contributed by atoms with Crippen LogP contribution < -0.4 is 10.1 Å². The van der Waals surface area contributed by atoms with Crippen LogP contribution in [0, 0.1) is 12.8 Å². The quantitative estimate of drug-likeness (QED) is 0.210. The van der Waals surface area contributed by atoms with Crippen molar-refractivity contribution in [3.05, 3.63) is 136 Å². The summed E-state index contributed by atoms with van der Waals surface area (Å²) < 4.78 is 6.11. The van der Waals surface area contributed by atoms with Gasteiger partial charge in [-0.25, -0.2) is 0 Å². The fourth-order valence-corrected chi connectivity index (χ4v) is 5.56. The van der Waals surface area contributed by atoms with Crippen LogP contribution in [0.3, 0.4) is 0 Å². The van der Waals surface area contributed by atoms with E-state index in [1.807, 2.05) is 24.4 Å². The average Bonchev–Trinajstić information content (AvgIpc) is 3.43. The van der Waals surface area contributed by atoms with Crippen molar-refractivity contribution in [1.29, 1.82) is 0 Å². The molecule has 4 heteroatoms. The van der Waals surface area contributed by atoms with Crippen molar-refractivity contribution in [2.75, 3.05) is 5.32 Å². The molecule has 1 N–H and O–H groups in total. The Kier molecular flexibility index (Phi) is 6.55. The molecule has 0 unspecified atom stereocenters. The number of hydrogen-bond donors (Lipinski definition) is 1. The first-order valence-electron chi connectivity index (χ1n) is 12.8. The van der Waals surface area contributed by atoms with Gasteiger partial charge < -0.3 is 10.1 Å². The number of nitrogens with one attached hydrogen (secondary N) is 1. The second kappa shape index (κ2) is 10.3. The van der Waals surface area contributed by atoms with E-state index in [9.17, 15) is 0 Å². The number of benzene rings is 4. The van der Waals surface area contributed by atoms with Crippen LogP contribution in [0.15, 0.2) is 108 Å². The van der Waals surface area contributed by atoms with Crippen molar-refractivity contribution >= 4 is 29.2 Å². The minimum absolute atomic E-state index is 0.280. The molecule has 3 atom stereocenters. The first-order valence-corrected chi connectivity index (χ1v) is 13.2. The summed E-state index contributed by atoms with van der Waals surface area (Å²) in [4.78, 5) is 4.74. The van der Waals surface area contributed by atoms with Gasteiger partial charge in [-0.05, 0) is 72.4 Å². The highest BCUT2D eigenvalue weighted by Crippen LogP contribution is 2.49. The molecule has 0 bridgehead atoms. The van der Waals surface area contributed by atoms with Crippen LogP contribution in [-0.4, -0.2) is 6.21 Å². The van der Waals surface area contributed by atoms with E-state index in [0.717, 1.165) is 29.0 Å². The maximum Gasteiger partial charge on any atom is 0.128 e. The number of rotatable bonds is 6. The number of para-hydroxylation sites is 1. The third kappa shape index (κ3) is 5.05. The summed E-state index contributed by atoms with van der Waals surface area (Å²) in [6, 6.07) is 31.5. The highest BCUT2D eigenvalue weighted by molar-refractivity contribution is 6.30. The Labute approximate surface area is 223 Å². The molecule has 0 fully saturated rings. The van der Waals surface area contributed by atoms with E-state index in [-0.39, 0.29) is 6.04 Å². The molecule has 0 aromatic heterocycles. The summed E-state index contributed by atoms with van der Waals surface area (Å²) in [6.45, 7) is 2.57. The standard InChI is InChI=1S/C33H29ClN2O/c1-22-9-11-23(12-10-22)21-37-32-18-15-26(34)19-25(32)20-35-27-16-13-24(14-17-27)33-30-7-4-6-28(30)29-5-2-3-8-31(29)36-33/h2-6,8-20,28,30,33,36H,7,21H2,1H3/t28-,30-,33+/m1/s1. The highest BCUT2D eigenvalue weighted by atomic mass is 35.5. The monoisotopic (exact) mass is 504 g/mol. The lowest BCUT2D eigenvalue weighted by atomic mass is 9.77. The third-order valence-corrected chi connectivity index (χ3v) is 7.60. The smallest absolute Gasteiger partial charge is 0.128 e. The molecule has 0 radical (unpaired) electrons. The van der Waals surface area contributed by atoms with Gasteiger partial charge in [-0.2, -0.15) is 0 Å². The number of aliphatic imine (C=N–C) groups is 1. The first kappa shape index (κ1) is 23.6. The number of halogens is 1. The summed E-state index contributed by atoms with van der Waals surface area (Å²) >= 11 is 6.29. The molecule has 6 rings (SSSR count). The predicted octanol–water partition coefficient (Wildman–Crippen LogP) is 8.80. The summed E-state index contributed by atoms with van der Waals surface area (Å²) in [5.41, 5.74) is 8.04. The van der Waals surface area contributed by atoms with Crippen molar-refractivity contribution in [3.8, 4) is 5.75 Å². The van der Waals surface area contributed by atoms with E-state index in [0.29, 0.717) is 23.5 Å². The second-order valence-electron chi connectivity index (χ2n) is 9.87. The van der Waals surface area contributed by atoms with Gasteiger partial charge in [-0.15, -0.1) is 0 Å². The number of fused-ring (bicyclic) bond motifs is 3. The maximum absolute atomic E-state index is 6.29. The fraction of sp³-hybridized carbons (Fsp3) is 0.182. The lowest BCUT2D eigenvalue weighted by Gasteiger charge is -2.37. The summed E-state index contributed by atoms with van der Waals surface area (Å²) in [5, 5.41) is 4.45. The van der Waals surface area contributed by atoms with Crippen LogP contribution in [0.2, 0.25) is 5.02 Å². The molecule has 1 heterocycles. The normalized spacial score (nSPS) is 19.9. The van der Waals surface area contributed by atoms with E-state index in [4.69, 9.17) is 21.3 Å². The van der Waals surface area contributed by atoms with Crippen LogP contribution in [0.4, 0.5) is 11.4 Å². The molecule has 0 saturated heterocycles. The Morgan fingerprint density at radius 1 is 0.973 bits per heavy atom. The molecule has 37 heavy (non-hydrogen) atoms. The first-order chi connectivity index (χ1) is 18.1. The van der Waals surface area contributed by atoms with E-state index in [1.165, 1.54) is 22.4 Å². The molecular formula is C33H29ClN2O. The molecule has 1 aliphatic heterocycles. The fourth-order valence-electron chi connectivity index (χ4n) is 5.38. The molecule has 0 spiro atoms. The van der Waals surface area contributed by atoms with E-state index in [1.54, 1.807) is 0 Å². The molecular weight excluding hydrogens is 476 g/mol. The van der Waals surface area contributed by atoms with Crippen LogP contribution >= 0.6 is 11.6 Å². The second-order valence-corrected chi connectivity index (χ2v) is 10.3. The Hall–Kier alpha value is -3.82. The van der Waals surface area contributed by atoms with Crippen molar-refractivity contribution < 1.29 is 4.74 Å². The number of nitrogens with zero attached hydrogens (tertiary/aromatic N) is 1. The number of anilines is 1. The third-order valence-electron chi connectivity index (χ3n) is 7.36. The van der Waals surface area contributed by atoms with E-state index in [2.05, 4.69) is 97.2 Å². The van der Waals surface area contributed by atoms with Crippen LogP contribution in [0.1, 0.15) is 46.2 Å². The van der Waals surface area contributed by atoms with Gasteiger partial charge in [0.15, 0.2) is 0 Å². The molecule has 0 amide bonds. The lowest BCUT2D eigenvalue weighted by molar-refractivity contribution is 0.306. The Morgan fingerprint density at radius 2 is 1.78 bits per heavy atom. The van der Waals surface area contributed by atoms with Gasteiger partial charge in [-0.3, -0.25) is 4.99 Å². The van der Waals surface area contributed by atoms with E-state index >= 15 is 0 Å². The van der Waals surface area contributed by atoms with Crippen molar-refractivity contribution in [1.82, 2.24) is 0 Å². The van der Waals surface area contributed by atoms with Crippen LogP contribution in [0.5, 0.6) is 5.75 Å². The van der Waals surface area contributed by atoms with Gasteiger partial charge in [0.1, 0.15) is 12.4 Å². The zero-order valence-corrected chi connectivity index (χ0v) is 21.5. The van der Waals surface area contributed by atoms with Crippen LogP contribution in [-0.2, 0) is 6.61 Å². The largest absolute Gasteiger partial charge is 0.488 e. The summed E-state index contributed by atoms with van der Waals surface area (Å²) in [6.07, 6.45) is 7.63. The van der Waals surface area contributed by atoms with Gasteiger partial charge in [-0.1, -0.05) is 83.9 Å². The topological polar surface area (TPSA) is 33.6 Å². The lowest BCUT2D eigenvalue weighted by Crippen LogP contribution is -2.28. The average molecular weight is 505 g/mol. The minimum Gasteiger partial charge on any atom is -0.488 e. The molecule has 3 nitrogen and oxygen atoms in total. The Bertz CT molecular complexity index is 1460. The van der Waals surface area contributed by atoms with Crippen molar-refractivity contribution in [3.63, 3.8) is 0 Å². The van der Waals surface area contributed by atoms with Crippen molar-refractivity contribution in [2.45, 2.75) is 31.9 Å². The number of aryl methyl sites for hydroxylation is 1. The molecule has 0 saturated carbocycles. The van der Waals surface area contributed by atoms with E-state index < -0.39 is 0 Å². The van der Waals surface area contributed by atoms with Crippen molar-refractivity contribution in [2.24, 2.45) is 10.9 Å². The Balaban J connectivity index is 1.18. The molecule has 184 valence electrons. The Morgan fingerprint density at radius 3 is 2.62 bits per heavy atom. The molecule has 1 aliphatic carbocycles.